The van der Waals surface area contributed by atoms with Gasteiger partial charge in [-0.1, -0.05) is 6.07 Å². The minimum atomic E-state index is -1.35. The molecule has 0 aliphatic carbocycles. The van der Waals surface area contributed by atoms with E-state index in [-0.39, 0.29) is 5.69 Å². The number of ether oxygens (including phenoxy) is 1. The van der Waals surface area contributed by atoms with Crippen LogP contribution >= 0.6 is 0 Å². The molecule has 20 heavy (non-hydrogen) atoms. The maximum Gasteiger partial charge on any atom is 0.271 e. The molecule has 8 nitrogen and oxygen atoms in total. The van der Waals surface area contributed by atoms with Crippen LogP contribution in [0.15, 0.2) is 24.3 Å². The van der Waals surface area contributed by atoms with Crippen LogP contribution in [-0.4, -0.2) is 50.9 Å². The molecule has 4 N–H and O–H groups in total. The lowest BCUT2D eigenvalue weighted by Crippen LogP contribution is -2.58. The molecule has 8 heteroatoms. The number of non-ortho nitro benzene ring substituents is 1. The van der Waals surface area contributed by atoms with Crippen molar-refractivity contribution in [1.82, 2.24) is 0 Å². The Labute approximate surface area is 114 Å². The van der Waals surface area contributed by atoms with Crippen LogP contribution in [0.3, 0.4) is 0 Å². The van der Waals surface area contributed by atoms with Crippen molar-refractivity contribution >= 4 is 11.4 Å². The number of aliphatic hydroxyl groups excluding tert-OH is 3. The zero-order chi connectivity index (χ0) is 14.9. The van der Waals surface area contributed by atoms with Gasteiger partial charge in [0, 0.05) is 17.8 Å². The molecule has 0 aromatic heterocycles. The van der Waals surface area contributed by atoms with Crippen LogP contribution in [0.25, 0.3) is 0 Å². The second kappa shape index (κ2) is 5.71. The number of hydrogen-bond acceptors (Lipinski definition) is 7. The molecular weight excluding hydrogens is 268 g/mol. The lowest BCUT2D eigenvalue weighted by molar-refractivity contribution is -0.384. The molecule has 1 saturated heterocycles. The standard InChI is InChI=1S/C12H16N2O6/c1-6-9(15)10(16)11(17)12(20-6)13-7-3-2-4-8(5-7)14(18)19/h2-6,9-13,15-17H,1H3/t6-,9+,10-,11-,12-/m0/s1. The van der Waals surface area contributed by atoms with Gasteiger partial charge in [0.25, 0.3) is 5.69 Å². The molecule has 1 aliphatic heterocycles. The number of hydrogen-bond donors (Lipinski definition) is 4. The third-order valence-corrected chi connectivity index (χ3v) is 3.22. The molecule has 1 aromatic rings. The summed E-state index contributed by atoms with van der Waals surface area (Å²) in [6.45, 7) is 1.56. The molecular formula is C12H16N2O6. The zero-order valence-corrected chi connectivity index (χ0v) is 10.7. The van der Waals surface area contributed by atoms with E-state index in [0.29, 0.717) is 5.69 Å². The first-order chi connectivity index (χ1) is 9.40. The van der Waals surface area contributed by atoms with Gasteiger partial charge in [0.15, 0.2) is 6.23 Å². The smallest absolute Gasteiger partial charge is 0.271 e. The fraction of sp³-hybridized carbons (Fsp3) is 0.500. The number of benzene rings is 1. The summed E-state index contributed by atoms with van der Waals surface area (Å²) in [5.74, 6) is 0. The van der Waals surface area contributed by atoms with Crippen molar-refractivity contribution < 1.29 is 25.0 Å². The van der Waals surface area contributed by atoms with Gasteiger partial charge in [-0.15, -0.1) is 0 Å². The van der Waals surface area contributed by atoms with Gasteiger partial charge >= 0.3 is 0 Å². The van der Waals surface area contributed by atoms with Gasteiger partial charge < -0.3 is 25.4 Å². The van der Waals surface area contributed by atoms with Crippen molar-refractivity contribution in [3.05, 3.63) is 34.4 Å². The molecule has 0 radical (unpaired) electrons. The van der Waals surface area contributed by atoms with Crippen LogP contribution in [0.1, 0.15) is 6.92 Å². The first-order valence-corrected chi connectivity index (χ1v) is 6.11. The zero-order valence-electron chi connectivity index (χ0n) is 10.7. The summed E-state index contributed by atoms with van der Waals surface area (Å²) in [6, 6.07) is 5.69. The van der Waals surface area contributed by atoms with Gasteiger partial charge in [0.2, 0.25) is 0 Å². The average molecular weight is 284 g/mol. The maximum atomic E-state index is 10.7. The lowest BCUT2D eigenvalue weighted by Gasteiger charge is -2.39. The predicted molar refractivity (Wildman–Crippen MR) is 69.1 cm³/mol. The number of aliphatic hydroxyl groups is 3. The first kappa shape index (κ1) is 14.7. The average Bonchev–Trinajstić information content (AvgIpc) is 2.42. The van der Waals surface area contributed by atoms with Crippen molar-refractivity contribution in [3.8, 4) is 0 Å². The molecule has 0 saturated carbocycles. The van der Waals surface area contributed by atoms with E-state index in [9.17, 15) is 25.4 Å². The Morgan fingerprint density at radius 2 is 1.95 bits per heavy atom. The highest BCUT2D eigenvalue weighted by atomic mass is 16.6. The van der Waals surface area contributed by atoms with E-state index in [1.54, 1.807) is 13.0 Å². The minimum Gasteiger partial charge on any atom is -0.388 e. The largest absolute Gasteiger partial charge is 0.388 e. The van der Waals surface area contributed by atoms with Gasteiger partial charge in [0.05, 0.1) is 11.0 Å². The molecule has 0 unspecified atom stereocenters. The Bertz CT molecular complexity index is 497. The summed E-state index contributed by atoms with van der Waals surface area (Å²) in [5.41, 5.74) is 0.271. The third kappa shape index (κ3) is 2.88. The summed E-state index contributed by atoms with van der Waals surface area (Å²) in [5, 5.41) is 42.5. The highest BCUT2D eigenvalue weighted by molar-refractivity contribution is 5.51. The van der Waals surface area contributed by atoms with E-state index in [0.717, 1.165) is 0 Å². The number of nitrogens with zero attached hydrogens (tertiary/aromatic N) is 1. The lowest BCUT2D eigenvalue weighted by atomic mass is 9.99. The predicted octanol–water partition coefficient (Wildman–Crippen LogP) is -0.166. The Balaban J connectivity index is 2.13. The van der Waals surface area contributed by atoms with E-state index < -0.39 is 35.6 Å². The van der Waals surface area contributed by atoms with Crippen LogP contribution in [0.4, 0.5) is 11.4 Å². The molecule has 2 rings (SSSR count). The number of nitrogens with one attached hydrogen (secondary N) is 1. The quantitative estimate of drug-likeness (QED) is 0.448. The van der Waals surface area contributed by atoms with Crippen LogP contribution in [0, 0.1) is 10.1 Å². The summed E-state index contributed by atoms with van der Waals surface area (Å²) < 4.78 is 5.34. The molecule has 1 aliphatic rings. The van der Waals surface area contributed by atoms with Gasteiger partial charge in [-0.05, 0) is 13.0 Å². The molecule has 1 fully saturated rings. The third-order valence-electron chi connectivity index (χ3n) is 3.22. The van der Waals surface area contributed by atoms with Crippen LogP contribution in [-0.2, 0) is 4.74 Å². The van der Waals surface area contributed by atoms with E-state index in [1.807, 2.05) is 0 Å². The fourth-order valence-corrected chi connectivity index (χ4v) is 2.04. The molecule has 1 heterocycles. The first-order valence-electron chi connectivity index (χ1n) is 6.11. The molecule has 1 aromatic carbocycles. The van der Waals surface area contributed by atoms with Crippen LogP contribution in [0.2, 0.25) is 0 Å². The van der Waals surface area contributed by atoms with E-state index in [2.05, 4.69) is 5.32 Å². The SMILES string of the molecule is C[C@@H]1O[C@H](Nc2cccc([N+](=O)[O-])c2)[C@@H](O)[C@@H](O)[C@@H]1O. The van der Waals surface area contributed by atoms with Gasteiger partial charge in [-0.2, -0.15) is 0 Å². The van der Waals surface area contributed by atoms with E-state index >= 15 is 0 Å². The van der Waals surface area contributed by atoms with Crippen LogP contribution in [0.5, 0.6) is 0 Å². The molecule has 5 atom stereocenters. The van der Waals surface area contributed by atoms with Crippen LogP contribution < -0.4 is 5.32 Å². The Hall–Kier alpha value is -1.74. The molecule has 0 spiro atoms. The second-order valence-corrected chi connectivity index (χ2v) is 4.69. The second-order valence-electron chi connectivity index (χ2n) is 4.69. The minimum absolute atomic E-state index is 0.103. The van der Waals surface area contributed by atoms with Crippen molar-refractivity contribution in [2.24, 2.45) is 0 Å². The maximum absolute atomic E-state index is 10.7. The van der Waals surface area contributed by atoms with Crippen molar-refractivity contribution in [2.75, 3.05) is 5.32 Å². The molecule has 110 valence electrons. The fourth-order valence-electron chi connectivity index (χ4n) is 2.04. The number of anilines is 1. The molecule has 0 bridgehead atoms. The summed E-state index contributed by atoms with van der Waals surface area (Å²) in [6.07, 6.45) is -5.53. The van der Waals surface area contributed by atoms with Crippen molar-refractivity contribution in [2.45, 2.75) is 37.6 Å². The number of nitro benzene ring substituents is 1. The van der Waals surface area contributed by atoms with Gasteiger partial charge in [0.1, 0.15) is 18.3 Å². The van der Waals surface area contributed by atoms with Crippen molar-refractivity contribution in [3.63, 3.8) is 0 Å². The monoisotopic (exact) mass is 284 g/mol. The van der Waals surface area contributed by atoms with Gasteiger partial charge in [-0.25, -0.2) is 0 Å². The van der Waals surface area contributed by atoms with E-state index in [4.69, 9.17) is 4.74 Å². The summed E-state index contributed by atoms with van der Waals surface area (Å²) in [7, 11) is 0. The Kier molecular flexibility index (Phi) is 4.19. The number of rotatable bonds is 3. The Morgan fingerprint density at radius 3 is 2.60 bits per heavy atom. The number of nitro groups is 1. The van der Waals surface area contributed by atoms with E-state index in [1.165, 1.54) is 18.2 Å². The Morgan fingerprint density at radius 1 is 1.25 bits per heavy atom. The highest BCUT2D eigenvalue weighted by Crippen LogP contribution is 2.24. The van der Waals surface area contributed by atoms with Gasteiger partial charge in [-0.3, -0.25) is 10.1 Å². The summed E-state index contributed by atoms with van der Waals surface area (Å²) in [4.78, 5) is 10.1. The summed E-state index contributed by atoms with van der Waals surface area (Å²) >= 11 is 0. The molecule has 0 amide bonds. The van der Waals surface area contributed by atoms with Crippen molar-refractivity contribution in [1.29, 1.82) is 0 Å². The highest BCUT2D eigenvalue weighted by Gasteiger charge is 2.41. The normalized spacial score (nSPS) is 33.7. The topological polar surface area (TPSA) is 125 Å².